The minimum Gasteiger partial charge on any atom is -0.445 e. The maximum atomic E-state index is 14.5. The topological polar surface area (TPSA) is 94.2 Å². The van der Waals surface area contributed by atoms with Gasteiger partial charge in [-0.25, -0.2) is 9.69 Å². The zero-order valence-electron chi connectivity index (χ0n) is 32.8. The number of hydrogen-bond acceptors (Lipinski definition) is 7. The Labute approximate surface area is 344 Å². The lowest BCUT2D eigenvalue weighted by Gasteiger charge is -2.34. The lowest BCUT2D eigenvalue weighted by molar-refractivity contribution is 0.0518. The van der Waals surface area contributed by atoms with Crippen LogP contribution < -0.4 is 15.5 Å². The maximum Gasteiger partial charge on any atom is 0.419 e. The molecule has 1 aliphatic rings. The fraction of sp³-hybridized carbons (Fsp3) is 0.229. The molecule has 58 heavy (non-hydrogen) atoms. The van der Waals surface area contributed by atoms with Gasteiger partial charge in [-0.2, -0.15) is 0 Å². The number of nitrogens with zero attached hydrogens (tertiary/aromatic N) is 3. The molecule has 2 N–H and O–H groups in total. The molecule has 0 bridgehead atoms. The van der Waals surface area contributed by atoms with Gasteiger partial charge < -0.3 is 25.2 Å². The zero-order valence-corrected chi connectivity index (χ0v) is 33.6. The lowest BCUT2D eigenvalue weighted by Crippen LogP contribution is -2.43. The monoisotopic (exact) mass is 791 g/mol. The van der Waals surface area contributed by atoms with Gasteiger partial charge in [-0.05, 0) is 65.7 Å². The Morgan fingerprint density at radius 1 is 0.707 bits per heavy atom. The van der Waals surface area contributed by atoms with Crippen molar-refractivity contribution in [3.05, 3.63) is 167 Å². The number of rotatable bonds is 15. The van der Waals surface area contributed by atoms with Gasteiger partial charge in [0, 0.05) is 80.0 Å². The van der Waals surface area contributed by atoms with E-state index in [9.17, 15) is 14.4 Å². The van der Waals surface area contributed by atoms with Crippen molar-refractivity contribution in [1.82, 2.24) is 20.4 Å². The first-order valence-corrected chi connectivity index (χ1v) is 20.7. The van der Waals surface area contributed by atoms with Crippen LogP contribution in [0.3, 0.4) is 0 Å². The number of likely N-dealkylation sites (N-methyl/N-ethyl adjacent to an activating group) is 1. The van der Waals surface area contributed by atoms with Crippen LogP contribution in [0.5, 0.6) is 0 Å². The summed E-state index contributed by atoms with van der Waals surface area (Å²) in [6.45, 7) is 4.58. The quantitative estimate of drug-likeness (QED) is 0.101. The molecule has 0 spiro atoms. The third kappa shape index (κ3) is 10.3. The van der Waals surface area contributed by atoms with Crippen LogP contribution in [-0.4, -0.2) is 80.1 Å². The summed E-state index contributed by atoms with van der Waals surface area (Å²) in [5, 5.41) is 8.31. The average molecular weight is 792 g/mol. The highest BCUT2D eigenvalue weighted by Gasteiger charge is 2.30. The Kier molecular flexibility index (Phi) is 13.8. The van der Waals surface area contributed by atoms with Crippen LogP contribution in [0.25, 0.3) is 22.3 Å². The summed E-state index contributed by atoms with van der Waals surface area (Å²) < 4.78 is 6.36. The first kappa shape index (κ1) is 40.1. The minimum atomic E-state index is -0.419. The lowest BCUT2D eigenvalue weighted by atomic mass is 10.00. The first-order chi connectivity index (χ1) is 28.4. The number of amides is 3. The fourth-order valence-electron chi connectivity index (χ4n) is 7.23. The second-order valence-electron chi connectivity index (χ2n) is 14.3. The molecule has 0 atom stereocenters. The molecule has 296 valence electrons. The van der Waals surface area contributed by atoms with E-state index in [1.54, 1.807) is 52.4 Å². The summed E-state index contributed by atoms with van der Waals surface area (Å²) in [5.74, 6) is -0.342. The molecule has 7 rings (SSSR count). The number of carbonyl (C=O) groups excluding carboxylic acids is 3. The molecular formula is C48H49N5O4S. The summed E-state index contributed by atoms with van der Waals surface area (Å²) in [6.07, 6.45) is 0.679. The molecule has 1 aromatic heterocycles. The summed E-state index contributed by atoms with van der Waals surface area (Å²) in [7, 11) is 1.79. The van der Waals surface area contributed by atoms with Gasteiger partial charge in [0.1, 0.15) is 6.10 Å². The van der Waals surface area contributed by atoms with E-state index < -0.39 is 6.09 Å². The van der Waals surface area contributed by atoms with Crippen molar-refractivity contribution in [2.45, 2.75) is 25.5 Å². The molecule has 1 saturated heterocycles. The SMILES string of the molecule is CN(CCN1CCC(OC(=O)N(c2ccccc2-c2ccccc2)c2ccccc2-c2ccccc2)CC1)C(=O)c1cccc(C(=O)NCCNCc2cccs2)c1. The van der Waals surface area contributed by atoms with E-state index in [4.69, 9.17) is 4.74 Å². The van der Waals surface area contributed by atoms with Gasteiger partial charge in [0.2, 0.25) is 0 Å². The third-order valence-electron chi connectivity index (χ3n) is 10.4. The average Bonchev–Trinajstić information content (AvgIpc) is 3.80. The zero-order chi connectivity index (χ0) is 40.1. The predicted molar refractivity (Wildman–Crippen MR) is 234 cm³/mol. The largest absolute Gasteiger partial charge is 0.445 e. The van der Waals surface area contributed by atoms with Gasteiger partial charge in [0.05, 0.1) is 11.4 Å². The van der Waals surface area contributed by atoms with E-state index in [1.807, 2.05) is 96.4 Å². The van der Waals surface area contributed by atoms with Crippen LogP contribution in [0.4, 0.5) is 16.2 Å². The first-order valence-electron chi connectivity index (χ1n) is 19.8. The van der Waals surface area contributed by atoms with E-state index in [-0.39, 0.29) is 17.9 Å². The standard InChI is InChI=1S/C48H49N5O4S/c1-51(47(55)39-19-12-18-38(34-39)46(54)50-28-27-49-35-41-20-13-33-58-41)31-32-52-29-25-40(26-30-52)57-48(56)53(44-23-10-8-21-42(44)36-14-4-2-5-15-36)45-24-11-9-22-43(45)37-16-6-3-7-17-37/h2-24,33-34,40,49H,25-32,35H2,1H3,(H,50,54). The summed E-state index contributed by atoms with van der Waals surface area (Å²) in [4.78, 5) is 47.7. The molecule has 1 fully saturated rings. The number of hydrogen-bond donors (Lipinski definition) is 2. The van der Waals surface area contributed by atoms with E-state index >= 15 is 0 Å². The predicted octanol–water partition coefficient (Wildman–Crippen LogP) is 9.11. The van der Waals surface area contributed by atoms with Crippen molar-refractivity contribution in [2.24, 2.45) is 0 Å². The molecule has 0 saturated carbocycles. The van der Waals surface area contributed by atoms with Gasteiger partial charge in [0.25, 0.3) is 11.8 Å². The van der Waals surface area contributed by atoms with Crippen LogP contribution in [0.1, 0.15) is 38.4 Å². The Morgan fingerprint density at radius 2 is 1.31 bits per heavy atom. The van der Waals surface area contributed by atoms with Crippen molar-refractivity contribution >= 4 is 40.6 Å². The van der Waals surface area contributed by atoms with E-state index in [1.165, 1.54) is 4.88 Å². The maximum absolute atomic E-state index is 14.5. The summed E-state index contributed by atoms with van der Waals surface area (Å²) in [5.41, 5.74) is 6.30. The number of likely N-dealkylation sites (tertiary alicyclic amines) is 1. The normalized spacial score (nSPS) is 13.1. The number of thiophene rings is 1. The van der Waals surface area contributed by atoms with E-state index in [0.717, 1.165) is 53.3 Å². The third-order valence-corrected chi connectivity index (χ3v) is 11.3. The number of nitrogens with one attached hydrogen (secondary N) is 2. The van der Waals surface area contributed by atoms with Crippen LogP contribution in [-0.2, 0) is 11.3 Å². The number of para-hydroxylation sites is 2. The summed E-state index contributed by atoms with van der Waals surface area (Å²) in [6, 6.07) is 47.1. The smallest absolute Gasteiger partial charge is 0.419 e. The van der Waals surface area contributed by atoms with E-state index in [2.05, 4.69) is 45.9 Å². The van der Waals surface area contributed by atoms with Gasteiger partial charge in [0.15, 0.2) is 0 Å². The Morgan fingerprint density at radius 3 is 1.93 bits per heavy atom. The number of carbonyl (C=O) groups is 3. The number of anilines is 2. The van der Waals surface area contributed by atoms with E-state index in [0.29, 0.717) is 50.1 Å². The van der Waals surface area contributed by atoms with Crippen molar-refractivity contribution in [1.29, 1.82) is 0 Å². The highest BCUT2D eigenvalue weighted by atomic mass is 32.1. The molecular weight excluding hydrogens is 743 g/mol. The van der Waals surface area contributed by atoms with Gasteiger partial charge in [-0.1, -0.05) is 109 Å². The molecule has 9 nitrogen and oxygen atoms in total. The highest BCUT2D eigenvalue weighted by Crippen LogP contribution is 2.40. The molecule has 6 aromatic rings. The minimum absolute atomic E-state index is 0.136. The molecule has 1 aliphatic heterocycles. The van der Waals surface area contributed by atoms with Crippen molar-refractivity contribution in [3.8, 4) is 22.3 Å². The second-order valence-corrected chi connectivity index (χ2v) is 15.4. The Bertz CT molecular complexity index is 2180. The Balaban J connectivity index is 0.949. The fourth-order valence-corrected chi connectivity index (χ4v) is 7.91. The van der Waals surface area contributed by atoms with Crippen LogP contribution in [0.15, 0.2) is 151 Å². The molecule has 0 aliphatic carbocycles. The molecule has 3 amide bonds. The van der Waals surface area contributed by atoms with Crippen LogP contribution in [0, 0.1) is 0 Å². The molecule has 0 radical (unpaired) electrons. The second kappa shape index (κ2) is 19.9. The van der Waals surface area contributed by atoms with Crippen molar-refractivity contribution in [3.63, 3.8) is 0 Å². The molecule has 0 unspecified atom stereocenters. The number of ether oxygens (including phenoxy) is 1. The number of benzene rings is 5. The van der Waals surface area contributed by atoms with Crippen LogP contribution in [0.2, 0.25) is 0 Å². The Hall–Kier alpha value is -6.07. The van der Waals surface area contributed by atoms with Gasteiger partial charge in [-0.15, -0.1) is 11.3 Å². The summed E-state index contributed by atoms with van der Waals surface area (Å²) >= 11 is 1.70. The molecule has 10 heteroatoms. The van der Waals surface area contributed by atoms with Crippen molar-refractivity contribution < 1.29 is 19.1 Å². The van der Waals surface area contributed by atoms with Gasteiger partial charge in [-0.3, -0.25) is 9.59 Å². The number of piperidine rings is 1. The van der Waals surface area contributed by atoms with Crippen LogP contribution >= 0.6 is 11.3 Å². The molecule has 5 aromatic carbocycles. The van der Waals surface area contributed by atoms with Crippen molar-refractivity contribution in [2.75, 3.05) is 51.2 Å². The highest BCUT2D eigenvalue weighted by molar-refractivity contribution is 7.09. The van der Waals surface area contributed by atoms with Gasteiger partial charge >= 0.3 is 6.09 Å². The molecule has 2 heterocycles.